The molecule has 3 nitrogen and oxygen atoms in total. The third-order valence-electron chi connectivity index (χ3n) is 2.22. The number of aryl methyl sites for hydroxylation is 2. The molecule has 2 aromatic rings. The van der Waals surface area contributed by atoms with Gasteiger partial charge in [0, 0.05) is 16.8 Å². The minimum atomic E-state index is 0.851. The van der Waals surface area contributed by atoms with Gasteiger partial charge in [0.05, 0.1) is 5.01 Å². The molecule has 86 valence electrons. The lowest BCUT2D eigenvalue weighted by molar-refractivity contribution is 0.723. The summed E-state index contributed by atoms with van der Waals surface area (Å²) < 4.78 is 0. The summed E-state index contributed by atoms with van der Waals surface area (Å²) in [6.07, 6.45) is 0. The van der Waals surface area contributed by atoms with Gasteiger partial charge in [-0.2, -0.15) is 0 Å². The van der Waals surface area contributed by atoms with Crippen LogP contribution in [0, 0.1) is 13.8 Å². The number of nitrogens with zero attached hydrogens (tertiary/aromatic N) is 2. The second-order valence-electron chi connectivity index (χ2n) is 3.54. The molecule has 5 heteroatoms. The van der Waals surface area contributed by atoms with E-state index in [0.29, 0.717) is 0 Å². The molecule has 2 aromatic heterocycles. The Hall–Kier alpha value is -0.780. The van der Waals surface area contributed by atoms with Crippen LogP contribution in [0.1, 0.15) is 21.8 Å². The van der Waals surface area contributed by atoms with Gasteiger partial charge < -0.3 is 5.32 Å². The second-order valence-corrected chi connectivity index (χ2v) is 5.89. The zero-order valence-corrected chi connectivity index (χ0v) is 11.3. The van der Waals surface area contributed by atoms with Crippen LogP contribution in [0.15, 0.2) is 5.38 Å². The normalized spacial score (nSPS) is 10.9. The Morgan fingerprint density at radius 3 is 2.75 bits per heavy atom. The van der Waals surface area contributed by atoms with E-state index in [1.165, 1.54) is 4.88 Å². The van der Waals surface area contributed by atoms with Gasteiger partial charge >= 0.3 is 0 Å². The number of thiazole rings is 2. The van der Waals surface area contributed by atoms with E-state index in [2.05, 4.69) is 34.5 Å². The average molecular weight is 253 g/mol. The quantitative estimate of drug-likeness (QED) is 0.910. The van der Waals surface area contributed by atoms with Gasteiger partial charge in [0.25, 0.3) is 0 Å². The summed E-state index contributed by atoms with van der Waals surface area (Å²) in [5.74, 6) is 0. The van der Waals surface area contributed by atoms with Crippen molar-refractivity contribution >= 4 is 22.7 Å². The van der Waals surface area contributed by atoms with Crippen molar-refractivity contribution in [1.29, 1.82) is 0 Å². The van der Waals surface area contributed by atoms with Crippen LogP contribution in [-0.4, -0.2) is 16.5 Å². The number of hydrogen-bond acceptors (Lipinski definition) is 5. The Balaban J connectivity index is 2.21. The van der Waals surface area contributed by atoms with Gasteiger partial charge in [0.2, 0.25) is 0 Å². The summed E-state index contributed by atoms with van der Waals surface area (Å²) in [5, 5.41) is 7.60. The Bertz CT molecular complexity index is 473. The molecule has 0 saturated heterocycles. The molecule has 0 fully saturated rings. The number of aromatic nitrogens is 2. The van der Waals surface area contributed by atoms with Gasteiger partial charge in [0.1, 0.15) is 16.4 Å². The highest BCUT2D eigenvalue weighted by molar-refractivity contribution is 7.12. The fourth-order valence-corrected chi connectivity index (χ4v) is 3.07. The molecule has 0 saturated carbocycles. The van der Waals surface area contributed by atoms with Crippen molar-refractivity contribution < 1.29 is 0 Å². The fourth-order valence-electron chi connectivity index (χ4n) is 1.50. The highest BCUT2D eigenvalue weighted by Gasteiger charge is 2.11. The first-order valence-electron chi connectivity index (χ1n) is 5.30. The van der Waals surface area contributed by atoms with Crippen molar-refractivity contribution in [2.75, 3.05) is 6.54 Å². The monoisotopic (exact) mass is 253 g/mol. The van der Waals surface area contributed by atoms with Crippen molar-refractivity contribution in [1.82, 2.24) is 15.3 Å². The summed E-state index contributed by atoms with van der Waals surface area (Å²) in [7, 11) is 0. The molecule has 2 heterocycles. The molecule has 0 radical (unpaired) electrons. The molecule has 16 heavy (non-hydrogen) atoms. The predicted molar refractivity (Wildman–Crippen MR) is 70.1 cm³/mol. The molecule has 0 aliphatic heterocycles. The maximum Gasteiger partial charge on any atom is 0.107 e. The zero-order valence-electron chi connectivity index (χ0n) is 9.70. The first-order valence-corrected chi connectivity index (χ1v) is 7.00. The Kier molecular flexibility index (Phi) is 3.68. The minimum Gasteiger partial charge on any atom is -0.311 e. The highest BCUT2D eigenvalue weighted by atomic mass is 32.1. The van der Waals surface area contributed by atoms with Crippen LogP contribution in [0.5, 0.6) is 0 Å². The highest BCUT2D eigenvalue weighted by Crippen LogP contribution is 2.27. The van der Waals surface area contributed by atoms with Gasteiger partial charge in [-0.3, -0.25) is 0 Å². The first-order chi connectivity index (χ1) is 7.70. The molecule has 1 N–H and O–H groups in total. The molecule has 0 aliphatic carbocycles. The van der Waals surface area contributed by atoms with Crippen LogP contribution < -0.4 is 5.32 Å². The van der Waals surface area contributed by atoms with E-state index in [1.54, 1.807) is 22.7 Å². The van der Waals surface area contributed by atoms with Gasteiger partial charge in [-0.05, 0) is 20.4 Å². The smallest absolute Gasteiger partial charge is 0.107 e. The molecule has 0 bridgehead atoms. The van der Waals surface area contributed by atoms with Gasteiger partial charge in [0.15, 0.2) is 0 Å². The Morgan fingerprint density at radius 2 is 2.12 bits per heavy atom. The van der Waals surface area contributed by atoms with E-state index in [1.807, 2.05) is 6.92 Å². The van der Waals surface area contributed by atoms with Gasteiger partial charge in [-0.1, -0.05) is 6.92 Å². The summed E-state index contributed by atoms with van der Waals surface area (Å²) in [6.45, 7) is 8.06. The standard InChI is InChI=1S/C11H15N3S2/c1-4-12-5-10-14-9(6-15-10)11-7(2)16-8(3)13-11/h6,12H,4-5H2,1-3H3. The van der Waals surface area contributed by atoms with Crippen molar-refractivity contribution in [3.8, 4) is 11.4 Å². The van der Waals surface area contributed by atoms with Crippen LogP contribution in [0.25, 0.3) is 11.4 Å². The molecular weight excluding hydrogens is 238 g/mol. The Labute approximate surface area is 104 Å². The Morgan fingerprint density at radius 1 is 1.31 bits per heavy atom. The topological polar surface area (TPSA) is 37.8 Å². The van der Waals surface area contributed by atoms with Crippen LogP contribution in [0.2, 0.25) is 0 Å². The lowest BCUT2D eigenvalue weighted by atomic mass is 10.3. The third-order valence-corrected chi connectivity index (χ3v) is 3.96. The minimum absolute atomic E-state index is 0.851. The van der Waals surface area contributed by atoms with Crippen molar-refractivity contribution in [3.05, 3.63) is 20.3 Å². The first kappa shape index (κ1) is 11.7. The van der Waals surface area contributed by atoms with Crippen molar-refractivity contribution in [2.45, 2.75) is 27.3 Å². The van der Waals surface area contributed by atoms with Crippen molar-refractivity contribution in [2.24, 2.45) is 0 Å². The summed E-state index contributed by atoms with van der Waals surface area (Å²) in [4.78, 5) is 10.4. The van der Waals surface area contributed by atoms with E-state index >= 15 is 0 Å². The zero-order chi connectivity index (χ0) is 11.5. The number of hydrogen-bond donors (Lipinski definition) is 1. The summed E-state index contributed by atoms with van der Waals surface area (Å²) >= 11 is 3.42. The van der Waals surface area contributed by atoms with E-state index in [4.69, 9.17) is 0 Å². The molecule has 0 spiro atoms. The second kappa shape index (κ2) is 5.03. The summed E-state index contributed by atoms with van der Waals surface area (Å²) in [6, 6.07) is 0. The predicted octanol–water partition coefficient (Wildman–Crippen LogP) is 2.99. The van der Waals surface area contributed by atoms with Crippen LogP contribution in [0.3, 0.4) is 0 Å². The van der Waals surface area contributed by atoms with Crippen LogP contribution in [-0.2, 0) is 6.54 Å². The van der Waals surface area contributed by atoms with E-state index in [9.17, 15) is 0 Å². The van der Waals surface area contributed by atoms with E-state index in [0.717, 1.165) is 34.5 Å². The molecular formula is C11H15N3S2. The van der Waals surface area contributed by atoms with E-state index < -0.39 is 0 Å². The van der Waals surface area contributed by atoms with Crippen molar-refractivity contribution in [3.63, 3.8) is 0 Å². The largest absolute Gasteiger partial charge is 0.311 e. The molecule has 0 aromatic carbocycles. The maximum absolute atomic E-state index is 4.59. The molecule has 0 amide bonds. The SMILES string of the molecule is CCNCc1nc(-c2nc(C)sc2C)cs1. The molecule has 0 unspecified atom stereocenters. The molecule has 0 atom stereocenters. The molecule has 2 rings (SSSR count). The fraction of sp³-hybridized carbons (Fsp3) is 0.455. The van der Waals surface area contributed by atoms with Gasteiger partial charge in [-0.25, -0.2) is 9.97 Å². The lowest BCUT2D eigenvalue weighted by Gasteiger charge is -1.95. The number of rotatable bonds is 4. The van der Waals surface area contributed by atoms with Gasteiger partial charge in [-0.15, -0.1) is 22.7 Å². The number of nitrogens with one attached hydrogen (secondary N) is 1. The molecule has 0 aliphatic rings. The van der Waals surface area contributed by atoms with Crippen LogP contribution in [0.4, 0.5) is 0 Å². The lowest BCUT2D eigenvalue weighted by Crippen LogP contribution is -2.11. The third kappa shape index (κ3) is 2.48. The average Bonchev–Trinajstić information content (AvgIpc) is 2.82. The van der Waals surface area contributed by atoms with Crippen LogP contribution >= 0.6 is 22.7 Å². The summed E-state index contributed by atoms with van der Waals surface area (Å²) in [5.41, 5.74) is 2.06. The van der Waals surface area contributed by atoms with E-state index in [-0.39, 0.29) is 0 Å². The maximum atomic E-state index is 4.59.